The second kappa shape index (κ2) is 7.90. The van der Waals surface area contributed by atoms with Crippen LogP contribution in [0, 0.1) is 17.3 Å². The lowest BCUT2D eigenvalue weighted by atomic mass is 9.91. The summed E-state index contributed by atoms with van der Waals surface area (Å²) < 4.78 is 15.4. The highest BCUT2D eigenvalue weighted by Crippen LogP contribution is 2.73. The van der Waals surface area contributed by atoms with E-state index in [9.17, 15) is 0 Å². The molecule has 3 aromatic heterocycles. The van der Waals surface area contributed by atoms with Gasteiger partial charge in [-0.1, -0.05) is 12.1 Å². The summed E-state index contributed by atoms with van der Waals surface area (Å²) in [6, 6.07) is 13.2. The third kappa shape index (κ3) is 3.53. The first-order valence-corrected chi connectivity index (χ1v) is 14.0. The van der Waals surface area contributed by atoms with Crippen LogP contribution in [0.25, 0.3) is 21.9 Å². The molecule has 8 heteroatoms. The molecule has 4 heterocycles. The van der Waals surface area contributed by atoms with Crippen LogP contribution in [0.4, 0.5) is 11.6 Å². The number of nitrogens with one attached hydrogen (secondary N) is 1. The minimum Gasteiger partial charge on any atom is -0.383 e. The average molecular weight is 511 g/mol. The first-order chi connectivity index (χ1) is 18.4. The molecule has 38 heavy (non-hydrogen) atoms. The molecule has 196 valence electrons. The summed E-state index contributed by atoms with van der Waals surface area (Å²) in [5.41, 5.74) is 9.53. The molecular weight excluding hydrogens is 476 g/mol. The number of nitrogen functional groups attached to an aromatic ring is 1. The van der Waals surface area contributed by atoms with E-state index in [-0.39, 0.29) is 23.7 Å². The van der Waals surface area contributed by atoms with Crippen molar-refractivity contribution in [3.63, 3.8) is 0 Å². The number of ether oxygens (including phenoxy) is 2. The normalized spacial score (nSPS) is 31.0. The SMILES string of the molecule is CC1(C)O[C@H]2[C@H](n3ccc4c(N)ncnc43)[C@H]3C[C@@]3(CCc3ccc4ccc(NCC5CC5)nc4c3)[C@H]2O1. The maximum absolute atomic E-state index is 6.61. The molecule has 1 saturated heterocycles. The quantitative estimate of drug-likeness (QED) is 0.357. The van der Waals surface area contributed by atoms with Gasteiger partial charge in [0.25, 0.3) is 0 Å². The summed E-state index contributed by atoms with van der Waals surface area (Å²) in [7, 11) is 0. The lowest BCUT2D eigenvalue weighted by Gasteiger charge is -2.24. The van der Waals surface area contributed by atoms with Gasteiger partial charge in [-0.15, -0.1) is 0 Å². The van der Waals surface area contributed by atoms with Crippen LogP contribution in [0.15, 0.2) is 48.9 Å². The molecule has 3 saturated carbocycles. The van der Waals surface area contributed by atoms with E-state index in [1.165, 1.54) is 23.8 Å². The van der Waals surface area contributed by atoms with Crippen LogP contribution in [0.3, 0.4) is 0 Å². The van der Waals surface area contributed by atoms with Crippen LogP contribution in [-0.4, -0.2) is 44.1 Å². The molecule has 0 radical (unpaired) electrons. The van der Waals surface area contributed by atoms with Crippen LogP contribution in [0.5, 0.6) is 0 Å². The molecule has 8 nitrogen and oxygen atoms in total. The number of fused-ring (bicyclic) bond motifs is 5. The van der Waals surface area contributed by atoms with Crippen molar-refractivity contribution >= 4 is 33.6 Å². The molecule has 3 N–H and O–H groups in total. The van der Waals surface area contributed by atoms with E-state index >= 15 is 0 Å². The highest BCUT2D eigenvalue weighted by Gasteiger charge is 2.75. The van der Waals surface area contributed by atoms with E-state index in [1.54, 1.807) is 6.33 Å². The Hall–Kier alpha value is -3.23. The maximum atomic E-state index is 6.61. The van der Waals surface area contributed by atoms with Crippen LogP contribution < -0.4 is 11.1 Å². The molecular formula is C30H34N6O2. The Morgan fingerprint density at radius 1 is 1.11 bits per heavy atom. The number of nitrogens with two attached hydrogens (primary N) is 1. The number of aromatic nitrogens is 4. The van der Waals surface area contributed by atoms with E-state index < -0.39 is 5.79 Å². The number of pyridine rings is 1. The molecule has 0 spiro atoms. The van der Waals surface area contributed by atoms with Gasteiger partial charge in [0.2, 0.25) is 0 Å². The third-order valence-electron chi connectivity index (χ3n) is 9.39. The predicted molar refractivity (Wildman–Crippen MR) is 147 cm³/mol. The zero-order chi connectivity index (χ0) is 25.6. The second-order valence-corrected chi connectivity index (χ2v) is 12.3. The summed E-state index contributed by atoms with van der Waals surface area (Å²) in [6.45, 7) is 5.09. The minimum absolute atomic E-state index is 0.00564. The van der Waals surface area contributed by atoms with E-state index in [0.29, 0.717) is 11.7 Å². The van der Waals surface area contributed by atoms with Crippen molar-refractivity contribution in [2.24, 2.45) is 17.3 Å². The minimum atomic E-state index is -0.595. The molecule has 1 aliphatic heterocycles. The highest BCUT2D eigenvalue weighted by molar-refractivity contribution is 5.86. The van der Waals surface area contributed by atoms with Crippen molar-refractivity contribution in [1.82, 2.24) is 19.5 Å². The van der Waals surface area contributed by atoms with Gasteiger partial charge in [0.15, 0.2) is 5.79 Å². The number of rotatable bonds is 7. The summed E-state index contributed by atoms with van der Waals surface area (Å²) in [6.07, 6.45) is 9.59. The predicted octanol–water partition coefficient (Wildman–Crippen LogP) is 5.10. The lowest BCUT2D eigenvalue weighted by molar-refractivity contribution is -0.161. The zero-order valence-electron chi connectivity index (χ0n) is 21.9. The average Bonchev–Trinajstić information content (AvgIpc) is 3.77. The Morgan fingerprint density at radius 3 is 2.84 bits per heavy atom. The number of nitrogens with zero attached hydrogens (tertiary/aromatic N) is 4. The maximum Gasteiger partial charge on any atom is 0.163 e. The van der Waals surface area contributed by atoms with Crippen molar-refractivity contribution in [1.29, 1.82) is 0 Å². The summed E-state index contributed by atoms with van der Waals surface area (Å²) in [4.78, 5) is 13.7. The largest absolute Gasteiger partial charge is 0.383 e. The monoisotopic (exact) mass is 510 g/mol. The molecule has 0 unspecified atom stereocenters. The highest BCUT2D eigenvalue weighted by atomic mass is 16.8. The van der Waals surface area contributed by atoms with Gasteiger partial charge in [-0.3, -0.25) is 0 Å². The summed E-state index contributed by atoms with van der Waals surface area (Å²) >= 11 is 0. The van der Waals surface area contributed by atoms with Crippen molar-refractivity contribution < 1.29 is 9.47 Å². The molecule has 1 aromatic carbocycles. The fourth-order valence-electron chi connectivity index (χ4n) is 7.23. The van der Waals surface area contributed by atoms with Gasteiger partial charge in [0, 0.05) is 23.5 Å². The Morgan fingerprint density at radius 2 is 1.97 bits per heavy atom. The molecule has 0 amide bonds. The van der Waals surface area contributed by atoms with E-state index in [4.69, 9.17) is 20.2 Å². The van der Waals surface area contributed by atoms with Crippen LogP contribution in [0.2, 0.25) is 0 Å². The van der Waals surface area contributed by atoms with Crippen molar-refractivity contribution in [3.8, 4) is 0 Å². The second-order valence-electron chi connectivity index (χ2n) is 12.3. The number of aryl methyl sites for hydroxylation is 1. The zero-order valence-corrected chi connectivity index (χ0v) is 21.9. The standard InChI is InChI=1S/C30H34N6O2/c1-29(2)37-25-24(36-12-10-20-27(31)33-16-34-28(20)36)21-14-30(21,26(25)38-29)11-9-17-5-6-19-7-8-23(35-22(19)13-17)32-15-18-3-4-18/h5-8,10,12-13,16,18,21,24-26H,3-4,9,11,14-15H2,1-2H3,(H,32,35)(H2,31,33,34)/t21-,24-,25+,26+,30-/m1/s1. The Balaban J connectivity index is 1.07. The summed E-state index contributed by atoms with van der Waals surface area (Å²) in [5.74, 6) is 2.21. The van der Waals surface area contributed by atoms with E-state index in [1.807, 2.05) is 19.9 Å². The Bertz CT molecular complexity index is 1560. The molecule has 4 aliphatic rings. The molecule has 3 aliphatic carbocycles. The fraction of sp³-hybridized carbons (Fsp3) is 0.500. The van der Waals surface area contributed by atoms with Crippen LogP contribution in [-0.2, 0) is 15.9 Å². The summed E-state index contributed by atoms with van der Waals surface area (Å²) in [5, 5.41) is 5.60. The Labute approximate surface area is 221 Å². The Kier molecular flexibility index (Phi) is 4.72. The van der Waals surface area contributed by atoms with Gasteiger partial charge in [-0.05, 0) is 87.6 Å². The van der Waals surface area contributed by atoms with Crippen molar-refractivity contribution in [2.75, 3.05) is 17.6 Å². The van der Waals surface area contributed by atoms with E-state index in [0.717, 1.165) is 54.1 Å². The number of benzene rings is 1. The topological polar surface area (TPSA) is 100 Å². The van der Waals surface area contributed by atoms with Crippen LogP contribution in [0.1, 0.15) is 51.1 Å². The van der Waals surface area contributed by atoms with Gasteiger partial charge < -0.3 is 25.1 Å². The van der Waals surface area contributed by atoms with Gasteiger partial charge in [-0.25, -0.2) is 15.0 Å². The van der Waals surface area contributed by atoms with Crippen molar-refractivity contribution in [2.45, 2.75) is 70.0 Å². The van der Waals surface area contributed by atoms with Gasteiger partial charge in [0.1, 0.15) is 29.7 Å². The molecule has 4 fully saturated rings. The molecule has 4 aromatic rings. The number of anilines is 2. The molecule has 5 atom stereocenters. The number of hydrogen-bond acceptors (Lipinski definition) is 7. The lowest BCUT2D eigenvalue weighted by Crippen LogP contribution is -2.32. The third-order valence-corrected chi connectivity index (χ3v) is 9.39. The first kappa shape index (κ1) is 22.7. The van der Waals surface area contributed by atoms with Crippen LogP contribution >= 0.6 is 0 Å². The smallest absolute Gasteiger partial charge is 0.163 e. The first-order valence-electron chi connectivity index (χ1n) is 14.0. The van der Waals surface area contributed by atoms with Gasteiger partial charge in [0.05, 0.1) is 23.0 Å². The van der Waals surface area contributed by atoms with E-state index in [2.05, 4.69) is 56.4 Å². The number of hydrogen-bond donors (Lipinski definition) is 2. The molecule has 8 rings (SSSR count). The van der Waals surface area contributed by atoms with Crippen molar-refractivity contribution in [3.05, 3.63) is 54.5 Å². The van der Waals surface area contributed by atoms with Gasteiger partial charge in [-0.2, -0.15) is 0 Å². The molecule has 0 bridgehead atoms. The fourth-order valence-corrected chi connectivity index (χ4v) is 7.23. The van der Waals surface area contributed by atoms with Gasteiger partial charge >= 0.3 is 0 Å².